The van der Waals surface area contributed by atoms with E-state index in [1.165, 1.54) is 0 Å². The van der Waals surface area contributed by atoms with Crippen LogP contribution >= 0.6 is 0 Å². The molecule has 0 aromatic heterocycles. The zero-order chi connectivity index (χ0) is 11.2. The first-order chi connectivity index (χ1) is 7.84. The minimum Gasteiger partial charge on any atom is -0.393 e. The zero-order valence-corrected chi connectivity index (χ0v) is 9.47. The Balaban J connectivity index is 1.33. The minimum atomic E-state index is -0.333. The van der Waals surface area contributed by atoms with Crippen molar-refractivity contribution in [2.75, 3.05) is 39.6 Å². The van der Waals surface area contributed by atoms with Gasteiger partial charge >= 0.3 is 0 Å². The Labute approximate surface area is 95.6 Å². The van der Waals surface area contributed by atoms with Crippen LogP contribution in [-0.2, 0) is 18.9 Å². The van der Waals surface area contributed by atoms with Crippen LogP contribution in [0.15, 0.2) is 0 Å². The number of aliphatic hydroxyl groups is 1. The number of aliphatic hydroxyl groups excluding tert-OH is 1. The normalized spacial score (nSPS) is 29.1. The zero-order valence-electron chi connectivity index (χ0n) is 9.47. The predicted octanol–water partition coefficient (Wildman–Crippen LogP) is -0.0417. The van der Waals surface area contributed by atoms with E-state index in [-0.39, 0.29) is 6.10 Å². The van der Waals surface area contributed by atoms with Gasteiger partial charge in [0.1, 0.15) is 12.2 Å². The van der Waals surface area contributed by atoms with Gasteiger partial charge < -0.3 is 24.1 Å². The van der Waals surface area contributed by atoms with Crippen LogP contribution in [0.5, 0.6) is 0 Å². The Kier molecular flexibility index (Phi) is 4.99. The van der Waals surface area contributed by atoms with Crippen molar-refractivity contribution in [2.45, 2.75) is 31.2 Å². The molecule has 5 heteroatoms. The average molecular weight is 232 g/mol. The molecule has 2 saturated heterocycles. The molecule has 1 N–H and O–H groups in total. The molecule has 2 atom stereocenters. The molecule has 0 bridgehead atoms. The highest BCUT2D eigenvalue weighted by Gasteiger charge is 2.23. The standard InChI is InChI=1S/C11H20O5/c12-9(1-3-13-5-10-7-15-10)2-4-14-6-11-8-16-11/h9-12H,1-8H2. The molecule has 0 spiro atoms. The molecule has 2 heterocycles. The highest BCUT2D eigenvalue weighted by Crippen LogP contribution is 2.10. The summed E-state index contributed by atoms with van der Waals surface area (Å²) in [5.41, 5.74) is 0. The number of epoxide rings is 2. The van der Waals surface area contributed by atoms with Crippen molar-refractivity contribution < 1.29 is 24.1 Å². The van der Waals surface area contributed by atoms with E-state index in [2.05, 4.69) is 0 Å². The Morgan fingerprint density at radius 1 is 1.00 bits per heavy atom. The second kappa shape index (κ2) is 6.51. The number of hydrogen-bond acceptors (Lipinski definition) is 5. The molecule has 0 aromatic carbocycles. The first kappa shape index (κ1) is 12.3. The summed E-state index contributed by atoms with van der Waals surface area (Å²) in [4.78, 5) is 0. The van der Waals surface area contributed by atoms with Gasteiger partial charge in [-0.05, 0) is 12.8 Å². The molecule has 2 aliphatic rings. The molecular formula is C11H20O5. The smallest absolute Gasteiger partial charge is 0.104 e. The molecule has 0 saturated carbocycles. The van der Waals surface area contributed by atoms with E-state index in [4.69, 9.17) is 18.9 Å². The summed E-state index contributed by atoms with van der Waals surface area (Å²) >= 11 is 0. The lowest BCUT2D eigenvalue weighted by molar-refractivity contribution is 0.0441. The first-order valence-electron chi connectivity index (χ1n) is 5.91. The quantitative estimate of drug-likeness (QED) is 0.423. The first-order valence-corrected chi connectivity index (χ1v) is 5.91. The van der Waals surface area contributed by atoms with Gasteiger partial charge in [-0.2, -0.15) is 0 Å². The van der Waals surface area contributed by atoms with Crippen LogP contribution in [-0.4, -0.2) is 63.1 Å². The maximum atomic E-state index is 9.59. The SMILES string of the molecule is OC(CCOCC1CO1)CCOCC1CO1. The summed E-state index contributed by atoms with van der Waals surface area (Å²) in [6.45, 7) is 4.13. The second-order valence-corrected chi connectivity index (χ2v) is 4.29. The lowest BCUT2D eigenvalue weighted by atomic mass is 10.2. The third-order valence-corrected chi connectivity index (χ3v) is 2.60. The van der Waals surface area contributed by atoms with Gasteiger partial charge in [0.15, 0.2) is 0 Å². The van der Waals surface area contributed by atoms with Gasteiger partial charge in [-0.15, -0.1) is 0 Å². The molecule has 0 aromatic rings. The lowest BCUT2D eigenvalue weighted by Crippen LogP contribution is -2.15. The van der Waals surface area contributed by atoms with Crippen LogP contribution in [0.4, 0.5) is 0 Å². The Hall–Kier alpha value is -0.200. The molecule has 2 aliphatic heterocycles. The van der Waals surface area contributed by atoms with Gasteiger partial charge in [0.05, 0.1) is 32.5 Å². The van der Waals surface area contributed by atoms with Crippen molar-refractivity contribution in [3.63, 3.8) is 0 Å². The van der Waals surface area contributed by atoms with E-state index in [1.807, 2.05) is 0 Å². The number of ether oxygens (including phenoxy) is 4. The molecule has 0 radical (unpaired) electrons. The average Bonchev–Trinajstić information content (AvgIpc) is 3.14. The lowest BCUT2D eigenvalue weighted by Gasteiger charge is -2.10. The van der Waals surface area contributed by atoms with Crippen LogP contribution in [0, 0.1) is 0 Å². The van der Waals surface area contributed by atoms with E-state index >= 15 is 0 Å². The molecule has 2 unspecified atom stereocenters. The fraction of sp³-hybridized carbons (Fsp3) is 1.00. The van der Waals surface area contributed by atoms with Gasteiger partial charge in [0, 0.05) is 13.2 Å². The second-order valence-electron chi connectivity index (χ2n) is 4.29. The van der Waals surface area contributed by atoms with E-state index in [0.717, 1.165) is 13.2 Å². The Bertz CT molecular complexity index is 171. The van der Waals surface area contributed by atoms with Crippen LogP contribution in [0.3, 0.4) is 0 Å². The molecule has 0 aliphatic carbocycles. The van der Waals surface area contributed by atoms with Crippen LogP contribution in [0.1, 0.15) is 12.8 Å². The van der Waals surface area contributed by atoms with Crippen molar-refractivity contribution in [3.05, 3.63) is 0 Å². The summed E-state index contributed by atoms with van der Waals surface area (Å²) in [5.74, 6) is 0. The van der Waals surface area contributed by atoms with Gasteiger partial charge in [0.2, 0.25) is 0 Å². The van der Waals surface area contributed by atoms with E-state index in [1.54, 1.807) is 0 Å². The highest BCUT2D eigenvalue weighted by atomic mass is 16.6. The molecule has 16 heavy (non-hydrogen) atoms. The molecule has 2 rings (SSSR count). The van der Waals surface area contributed by atoms with Crippen molar-refractivity contribution in [2.24, 2.45) is 0 Å². The van der Waals surface area contributed by atoms with Crippen LogP contribution < -0.4 is 0 Å². The van der Waals surface area contributed by atoms with E-state index < -0.39 is 0 Å². The highest BCUT2D eigenvalue weighted by molar-refractivity contribution is 4.68. The van der Waals surface area contributed by atoms with Crippen molar-refractivity contribution in [1.29, 1.82) is 0 Å². The largest absolute Gasteiger partial charge is 0.393 e. The molecular weight excluding hydrogens is 212 g/mol. The van der Waals surface area contributed by atoms with Crippen molar-refractivity contribution in [3.8, 4) is 0 Å². The third-order valence-electron chi connectivity index (χ3n) is 2.60. The molecule has 0 amide bonds. The summed E-state index contributed by atoms with van der Waals surface area (Å²) in [5, 5.41) is 9.59. The summed E-state index contributed by atoms with van der Waals surface area (Å²) in [6, 6.07) is 0. The topological polar surface area (TPSA) is 63.8 Å². The molecule has 2 fully saturated rings. The third kappa shape index (κ3) is 5.77. The summed E-state index contributed by atoms with van der Waals surface area (Å²) in [7, 11) is 0. The predicted molar refractivity (Wildman–Crippen MR) is 56.4 cm³/mol. The van der Waals surface area contributed by atoms with Gasteiger partial charge in [-0.1, -0.05) is 0 Å². The van der Waals surface area contributed by atoms with Gasteiger partial charge in [-0.25, -0.2) is 0 Å². The molecule has 5 nitrogen and oxygen atoms in total. The fourth-order valence-electron chi connectivity index (χ4n) is 1.34. The van der Waals surface area contributed by atoms with Gasteiger partial charge in [-0.3, -0.25) is 0 Å². The monoisotopic (exact) mass is 232 g/mol. The Morgan fingerprint density at radius 3 is 1.81 bits per heavy atom. The molecule has 94 valence electrons. The van der Waals surface area contributed by atoms with Gasteiger partial charge in [0.25, 0.3) is 0 Å². The van der Waals surface area contributed by atoms with Crippen LogP contribution in [0.25, 0.3) is 0 Å². The van der Waals surface area contributed by atoms with Crippen molar-refractivity contribution >= 4 is 0 Å². The minimum absolute atomic E-state index is 0.305. The number of rotatable bonds is 10. The van der Waals surface area contributed by atoms with E-state index in [0.29, 0.717) is 51.5 Å². The maximum absolute atomic E-state index is 9.59. The maximum Gasteiger partial charge on any atom is 0.104 e. The van der Waals surface area contributed by atoms with E-state index in [9.17, 15) is 5.11 Å². The summed E-state index contributed by atoms with van der Waals surface area (Å²) < 4.78 is 20.7. The van der Waals surface area contributed by atoms with Crippen LogP contribution in [0.2, 0.25) is 0 Å². The van der Waals surface area contributed by atoms with Crippen molar-refractivity contribution in [1.82, 2.24) is 0 Å². The Morgan fingerprint density at radius 2 is 1.44 bits per heavy atom. The fourth-order valence-corrected chi connectivity index (χ4v) is 1.34. The number of hydrogen-bond donors (Lipinski definition) is 1. The summed E-state index contributed by atoms with van der Waals surface area (Å²) in [6.07, 6.45) is 1.60.